The number of carbonyl (C=O) groups excluding carboxylic acids is 1. The highest BCUT2D eigenvalue weighted by atomic mass is 16.5. The second-order valence-corrected chi connectivity index (χ2v) is 8.07. The molecule has 1 heterocycles. The van der Waals surface area contributed by atoms with E-state index in [0.717, 1.165) is 25.9 Å². The van der Waals surface area contributed by atoms with Crippen LogP contribution in [0.3, 0.4) is 0 Å². The Morgan fingerprint density at radius 2 is 1.65 bits per heavy atom. The predicted molar refractivity (Wildman–Crippen MR) is 102 cm³/mol. The average Bonchev–Trinajstić information content (AvgIpc) is 2.60. The van der Waals surface area contributed by atoms with Crippen LogP contribution >= 0.6 is 0 Å². The highest BCUT2D eigenvalue weighted by molar-refractivity contribution is 6.05. The number of carbonyl (C=O) groups is 2. The second-order valence-electron chi connectivity index (χ2n) is 8.07. The second kappa shape index (κ2) is 7.66. The summed E-state index contributed by atoms with van der Waals surface area (Å²) < 4.78 is 4.91. The molecule has 1 aromatic rings. The molecule has 1 saturated heterocycles. The molecule has 0 aromatic heterocycles. The van der Waals surface area contributed by atoms with Gasteiger partial charge in [-0.25, -0.2) is 4.79 Å². The molecule has 1 aliphatic rings. The molecule has 0 aliphatic carbocycles. The number of amides is 1. The lowest BCUT2D eigenvalue weighted by atomic mass is 9.87. The number of nitrogens with zero attached hydrogens (tertiary/aromatic N) is 1. The third-order valence-corrected chi connectivity index (χ3v) is 5.18. The van der Waals surface area contributed by atoms with Gasteiger partial charge in [-0.2, -0.15) is 0 Å². The van der Waals surface area contributed by atoms with Crippen LogP contribution in [0.2, 0.25) is 0 Å². The Hall–Kier alpha value is -2.08. The molecule has 1 aliphatic heterocycles. The fourth-order valence-corrected chi connectivity index (χ4v) is 3.05. The van der Waals surface area contributed by atoms with Gasteiger partial charge in [0.2, 0.25) is 5.60 Å². The van der Waals surface area contributed by atoms with Crippen molar-refractivity contribution in [2.45, 2.75) is 57.6 Å². The summed E-state index contributed by atoms with van der Waals surface area (Å²) in [5, 5.41) is 12.0. The van der Waals surface area contributed by atoms with E-state index in [4.69, 9.17) is 4.74 Å². The standard InChI is InChI=1S/C20H30N2O4/c1-19(2,3)14-6-8-16(9-7-14)22-12-10-15(11-13-22)21-17(23)20(4,26-5)18(24)25/h6-9,15H,10-13H2,1-5H3,(H,21,23)(H,24,25). The van der Waals surface area contributed by atoms with E-state index in [-0.39, 0.29) is 11.5 Å². The number of carboxylic acid groups (broad SMARTS) is 1. The summed E-state index contributed by atoms with van der Waals surface area (Å²) in [5.74, 6) is -1.88. The molecule has 1 amide bonds. The molecule has 2 N–H and O–H groups in total. The first-order valence-corrected chi connectivity index (χ1v) is 9.03. The maximum absolute atomic E-state index is 12.3. The van der Waals surface area contributed by atoms with Crippen molar-refractivity contribution in [1.82, 2.24) is 5.32 Å². The zero-order chi connectivity index (χ0) is 19.5. The van der Waals surface area contributed by atoms with Crippen LogP contribution < -0.4 is 10.2 Å². The molecule has 6 heteroatoms. The molecular weight excluding hydrogens is 332 g/mol. The van der Waals surface area contributed by atoms with E-state index >= 15 is 0 Å². The normalized spacial score (nSPS) is 18.3. The van der Waals surface area contributed by atoms with E-state index in [1.54, 1.807) is 0 Å². The molecule has 144 valence electrons. The van der Waals surface area contributed by atoms with E-state index in [9.17, 15) is 14.7 Å². The van der Waals surface area contributed by atoms with Gasteiger partial charge in [-0.05, 0) is 42.9 Å². The van der Waals surface area contributed by atoms with Gasteiger partial charge in [0.15, 0.2) is 0 Å². The number of aliphatic carboxylic acids is 1. The van der Waals surface area contributed by atoms with Crippen molar-refractivity contribution < 1.29 is 19.4 Å². The number of methoxy groups -OCH3 is 1. The van der Waals surface area contributed by atoms with Gasteiger partial charge in [0.25, 0.3) is 5.91 Å². The van der Waals surface area contributed by atoms with Crippen LogP contribution in [0.4, 0.5) is 5.69 Å². The largest absolute Gasteiger partial charge is 0.479 e. The van der Waals surface area contributed by atoms with Crippen LogP contribution in [0.5, 0.6) is 0 Å². The van der Waals surface area contributed by atoms with Gasteiger partial charge in [0.1, 0.15) is 0 Å². The number of piperidine rings is 1. The lowest BCUT2D eigenvalue weighted by Gasteiger charge is -2.35. The van der Waals surface area contributed by atoms with Crippen molar-refractivity contribution >= 4 is 17.6 Å². The van der Waals surface area contributed by atoms with Crippen molar-refractivity contribution in [2.75, 3.05) is 25.1 Å². The first kappa shape index (κ1) is 20.2. The zero-order valence-electron chi connectivity index (χ0n) is 16.3. The van der Waals surface area contributed by atoms with E-state index in [1.165, 1.54) is 25.3 Å². The number of hydrogen-bond acceptors (Lipinski definition) is 4. The molecule has 2 rings (SSSR count). The summed E-state index contributed by atoms with van der Waals surface area (Å²) in [6.45, 7) is 9.49. The summed E-state index contributed by atoms with van der Waals surface area (Å²) in [4.78, 5) is 25.8. The molecule has 1 unspecified atom stereocenters. The summed E-state index contributed by atoms with van der Waals surface area (Å²) in [6.07, 6.45) is 1.54. The van der Waals surface area contributed by atoms with Crippen LogP contribution in [0.1, 0.15) is 46.1 Å². The van der Waals surface area contributed by atoms with Crippen LogP contribution in [0.25, 0.3) is 0 Å². The van der Waals surface area contributed by atoms with E-state index < -0.39 is 17.5 Å². The number of nitrogens with one attached hydrogen (secondary N) is 1. The zero-order valence-corrected chi connectivity index (χ0v) is 16.3. The van der Waals surface area contributed by atoms with Gasteiger partial charge in [0.05, 0.1) is 0 Å². The van der Waals surface area contributed by atoms with Crippen LogP contribution in [0, 0.1) is 0 Å². The quantitative estimate of drug-likeness (QED) is 0.787. The third kappa shape index (κ3) is 4.36. The van der Waals surface area contributed by atoms with Crippen molar-refractivity contribution in [3.63, 3.8) is 0 Å². The van der Waals surface area contributed by atoms with Crippen LogP contribution in [0.15, 0.2) is 24.3 Å². The van der Waals surface area contributed by atoms with E-state index in [0.29, 0.717) is 0 Å². The maximum Gasteiger partial charge on any atom is 0.345 e. The molecule has 0 spiro atoms. The molecule has 0 saturated carbocycles. The smallest absolute Gasteiger partial charge is 0.345 e. The minimum absolute atomic E-state index is 0.0403. The third-order valence-electron chi connectivity index (χ3n) is 5.18. The van der Waals surface area contributed by atoms with Gasteiger partial charge in [0, 0.05) is 31.9 Å². The highest BCUT2D eigenvalue weighted by Gasteiger charge is 2.42. The Kier molecular flexibility index (Phi) is 5.96. The average molecular weight is 362 g/mol. The molecule has 1 aromatic carbocycles. The van der Waals surface area contributed by atoms with Gasteiger partial charge < -0.3 is 20.1 Å². The summed E-state index contributed by atoms with van der Waals surface area (Å²) in [7, 11) is 1.23. The number of carboxylic acids is 1. The van der Waals surface area contributed by atoms with Crippen LogP contribution in [-0.2, 0) is 19.7 Å². The molecule has 26 heavy (non-hydrogen) atoms. The number of rotatable bonds is 5. The molecule has 0 bridgehead atoms. The minimum Gasteiger partial charge on any atom is -0.479 e. The van der Waals surface area contributed by atoms with E-state index in [2.05, 4.69) is 55.3 Å². The van der Waals surface area contributed by atoms with Gasteiger partial charge in [-0.15, -0.1) is 0 Å². The molecule has 1 atom stereocenters. The van der Waals surface area contributed by atoms with Gasteiger partial charge in [-0.3, -0.25) is 4.79 Å². The summed E-state index contributed by atoms with van der Waals surface area (Å²) >= 11 is 0. The first-order valence-electron chi connectivity index (χ1n) is 9.03. The minimum atomic E-state index is -1.85. The highest BCUT2D eigenvalue weighted by Crippen LogP contribution is 2.26. The van der Waals surface area contributed by atoms with Crippen molar-refractivity contribution in [2.24, 2.45) is 0 Å². The fourth-order valence-electron chi connectivity index (χ4n) is 3.05. The Balaban J connectivity index is 1.93. The van der Waals surface area contributed by atoms with Gasteiger partial charge >= 0.3 is 5.97 Å². The number of anilines is 1. The van der Waals surface area contributed by atoms with Gasteiger partial charge in [-0.1, -0.05) is 32.9 Å². The lowest BCUT2D eigenvalue weighted by Crippen LogP contribution is -2.56. The Morgan fingerprint density at radius 1 is 1.12 bits per heavy atom. The molecule has 6 nitrogen and oxygen atoms in total. The molecule has 0 radical (unpaired) electrons. The lowest BCUT2D eigenvalue weighted by molar-refractivity contribution is -0.168. The van der Waals surface area contributed by atoms with Crippen LogP contribution in [-0.4, -0.2) is 48.8 Å². The van der Waals surface area contributed by atoms with Crippen molar-refractivity contribution in [3.8, 4) is 0 Å². The van der Waals surface area contributed by atoms with Crippen molar-refractivity contribution in [1.29, 1.82) is 0 Å². The SMILES string of the molecule is COC(C)(C(=O)O)C(=O)NC1CCN(c2ccc(C(C)(C)C)cc2)CC1. The molecular formula is C20H30N2O4. The number of hydrogen-bond donors (Lipinski definition) is 2. The Labute approximate surface area is 155 Å². The summed E-state index contributed by atoms with van der Waals surface area (Å²) in [5.41, 5.74) is 0.763. The monoisotopic (exact) mass is 362 g/mol. The summed E-state index contributed by atoms with van der Waals surface area (Å²) in [6, 6.07) is 8.58. The van der Waals surface area contributed by atoms with Crippen molar-refractivity contribution in [3.05, 3.63) is 29.8 Å². The number of benzene rings is 1. The maximum atomic E-state index is 12.3. The Bertz CT molecular complexity index is 643. The Morgan fingerprint density at radius 3 is 2.08 bits per heavy atom. The topological polar surface area (TPSA) is 78.9 Å². The first-order chi connectivity index (χ1) is 12.1. The fraction of sp³-hybridized carbons (Fsp3) is 0.600. The van der Waals surface area contributed by atoms with E-state index in [1.807, 2.05) is 0 Å². The predicted octanol–water partition coefficient (Wildman–Crippen LogP) is 2.56. The number of ether oxygens (including phenoxy) is 1. The molecule has 1 fully saturated rings.